The summed E-state index contributed by atoms with van der Waals surface area (Å²) in [5, 5.41) is 12.4. The lowest BCUT2D eigenvalue weighted by Crippen LogP contribution is -2.39. The van der Waals surface area contributed by atoms with Gasteiger partial charge in [0.25, 0.3) is 0 Å². The molecule has 0 aromatic carbocycles. The Morgan fingerprint density at radius 1 is 1.50 bits per heavy atom. The van der Waals surface area contributed by atoms with Crippen molar-refractivity contribution < 1.29 is 9.59 Å². The van der Waals surface area contributed by atoms with Gasteiger partial charge >= 0.3 is 6.03 Å². The van der Waals surface area contributed by atoms with Gasteiger partial charge in [-0.05, 0) is 31.7 Å². The molecule has 0 aliphatic carbocycles. The third kappa shape index (κ3) is 4.31. The van der Waals surface area contributed by atoms with Crippen molar-refractivity contribution in [3.8, 4) is 0 Å². The number of nitrogens with zero attached hydrogens (tertiary/aromatic N) is 3. The van der Waals surface area contributed by atoms with Gasteiger partial charge in [-0.3, -0.25) is 10.1 Å². The number of amides is 3. The van der Waals surface area contributed by atoms with Crippen LogP contribution in [0.1, 0.15) is 17.6 Å². The monoisotopic (exact) mass is 339 g/mol. The number of thioether (sulfide) groups is 1. The highest BCUT2D eigenvalue weighted by Gasteiger charge is 2.20. The number of nitrogens with two attached hydrogens (primary N) is 1. The van der Waals surface area contributed by atoms with Gasteiger partial charge < -0.3 is 10.3 Å². The van der Waals surface area contributed by atoms with Gasteiger partial charge in [0.05, 0.1) is 5.25 Å². The SMILES string of the molecule is Cc1nnc(S[C@H](C)C(=O)NC(N)=O)n1CCc1cccs1. The molecule has 2 rings (SSSR count). The first-order valence-electron chi connectivity index (χ1n) is 6.66. The summed E-state index contributed by atoms with van der Waals surface area (Å²) in [5.74, 6) is 0.351. The number of carbonyl (C=O) groups excluding carboxylic acids is 2. The Hall–Kier alpha value is -1.87. The van der Waals surface area contributed by atoms with E-state index in [-0.39, 0.29) is 0 Å². The molecule has 22 heavy (non-hydrogen) atoms. The highest BCUT2D eigenvalue weighted by Crippen LogP contribution is 2.23. The molecule has 2 aromatic rings. The zero-order chi connectivity index (χ0) is 16.1. The zero-order valence-electron chi connectivity index (χ0n) is 12.3. The van der Waals surface area contributed by atoms with Gasteiger partial charge in [-0.25, -0.2) is 4.79 Å². The summed E-state index contributed by atoms with van der Waals surface area (Å²) < 4.78 is 1.97. The lowest BCUT2D eigenvalue weighted by Gasteiger charge is -2.11. The zero-order valence-corrected chi connectivity index (χ0v) is 13.9. The van der Waals surface area contributed by atoms with Crippen molar-refractivity contribution in [2.75, 3.05) is 0 Å². The number of thiophene rings is 1. The topological polar surface area (TPSA) is 103 Å². The van der Waals surface area contributed by atoms with Gasteiger partial charge in [0.2, 0.25) is 5.91 Å². The number of primary amides is 1. The van der Waals surface area contributed by atoms with Crippen LogP contribution in [0.5, 0.6) is 0 Å². The van der Waals surface area contributed by atoms with E-state index in [0.717, 1.165) is 18.8 Å². The molecular formula is C13H17N5O2S2. The molecule has 0 fully saturated rings. The Bertz CT molecular complexity index is 653. The maximum atomic E-state index is 11.7. The highest BCUT2D eigenvalue weighted by atomic mass is 32.2. The number of carbonyl (C=O) groups is 2. The van der Waals surface area contributed by atoms with E-state index >= 15 is 0 Å². The molecule has 3 amide bonds. The average molecular weight is 339 g/mol. The molecule has 2 heterocycles. The minimum Gasteiger partial charge on any atom is -0.351 e. The maximum absolute atomic E-state index is 11.7. The number of aryl methyl sites for hydroxylation is 2. The Labute approximate surface area is 136 Å². The van der Waals surface area contributed by atoms with Crippen LogP contribution in [0.4, 0.5) is 4.79 Å². The predicted molar refractivity (Wildman–Crippen MR) is 85.8 cm³/mol. The minimum atomic E-state index is -0.854. The molecule has 0 radical (unpaired) electrons. The van der Waals surface area contributed by atoms with Gasteiger partial charge in [-0.15, -0.1) is 21.5 Å². The van der Waals surface area contributed by atoms with Gasteiger partial charge in [0, 0.05) is 11.4 Å². The molecule has 0 bridgehead atoms. The molecule has 0 spiro atoms. The summed E-state index contributed by atoms with van der Waals surface area (Å²) in [4.78, 5) is 23.7. The van der Waals surface area contributed by atoms with Crippen LogP contribution in [-0.2, 0) is 17.8 Å². The molecule has 2 aromatic heterocycles. The summed E-state index contributed by atoms with van der Waals surface area (Å²) in [5.41, 5.74) is 4.95. The van der Waals surface area contributed by atoms with E-state index < -0.39 is 17.2 Å². The van der Waals surface area contributed by atoms with E-state index in [1.165, 1.54) is 16.6 Å². The van der Waals surface area contributed by atoms with Crippen molar-refractivity contribution >= 4 is 35.0 Å². The minimum absolute atomic E-state index is 0.442. The predicted octanol–water partition coefficient (Wildman–Crippen LogP) is 1.57. The van der Waals surface area contributed by atoms with Crippen molar-refractivity contribution in [2.24, 2.45) is 5.73 Å². The normalized spacial score (nSPS) is 12.1. The number of hydrogen-bond donors (Lipinski definition) is 2. The molecule has 0 saturated carbocycles. The second-order valence-corrected chi connectivity index (χ2v) is 6.96. The Kier molecular flexibility index (Phi) is 5.56. The molecule has 0 aliphatic heterocycles. The van der Waals surface area contributed by atoms with Crippen molar-refractivity contribution in [1.29, 1.82) is 0 Å². The number of nitrogens with one attached hydrogen (secondary N) is 1. The van der Waals surface area contributed by atoms with Crippen molar-refractivity contribution in [3.63, 3.8) is 0 Å². The molecule has 1 atom stereocenters. The van der Waals surface area contributed by atoms with E-state index in [1.807, 2.05) is 22.9 Å². The second kappa shape index (κ2) is 7.41. The molecule has 118 valence electrons. The van der Waals surface area contributed by atoms with E-state index in [0.29, 0.717) is 5.16 Å². The van der Waals surface area contributed by atoms with Gasteiger partial charge in [0.15, 0.2) is 5.16 Å². The molecule has 0 aliphatic rings. The van der Waals surface area contributed by atoms with E-state index in [4.69, 9.17) is 5.73 Å². The Morgan fingerprint density at radius 3 is 2.91 bits per heavy atom. The molecule has 3 N–H and O–H groups in total. The highest BCUT2D eigenvalue weighted by molar-refractivity contribution is 8.00. The van der Waals surface area contributed by atoms with Crippen molar-refractivity contribution in [3.05, 3.63) is 28.2 Å². The second-order valence-electron chi connectivity index (χ2n) is 4.62. The van der Waals surface area contributed by atoms with Crippen LogP contribution < -0.4 is 11.1 Å². The maximum Gasteiger partial charge on any atom is 0.318 e. The first-order valence-corrected chi connectivity index (χ1v) is 8.42. The van der Waals surface area contributed by atoms with Crippen LogP contribution in [0.3, 0.4) is 0 Å². The average Bonchev–Trinajstić information content (AvgIpc) is 3.07. The van der Waals surface area contributed by atoms with Crippen LogP contribution in [0.15, 0.2) is 22.7 Å². The Balaban J connectivity index is 2.02. The number of urea groups is 1. The quantitative estimate of drug-likeness (QED) is 0.778. The van der Waals surface area contributed by atoms with E-state index in [9.17, 15) is 9.59 Å². The van der Waals surface area contributed by atoms with Crippen LogP contribution in [-0.4, -0.2) is 32.0 Å². The summed E-state index contributed by atoms with van der Waals surface area (Å²) in [7, 11) is 0. The molecule has 9 heteroatoms. The van der Waals surface area contributed by atoms with E-state index in [2.05, 4.69) is 21.6 Å². The number of aromatic nitrogens is 3. The van der Waals surface area contributed by atoms with Crippen LogP contribution in [0.2, 0.25) is 0 Å². The number of imide groups is 1. The third-order valence-electron chi connectivity index (χ3n) is 2.96. The Morgan fingerprint density at radius 2 is 2.27 bits per heavy atom. The van der Waals surface area contributed by atoms with Crippen LogP contribution in [0, 0.1) is 6.92 Å². The van der Waals surface area contributed by atoms with Crippen molar-refractivity contribution in [2.45, 2.75) is 37.2 Å². The molecular weight excluding hydrogens is 322 g/mol. The van der Waals surface area contributed by atoms with Crippen LogP contribution in [0.25, 0.3) is 0 Å². The number of rotatable bonds is 6. The fourth-order valence-corrected chi connectivity index (χ4v) is 3.44. The van der Waals surface area contributed by atoms with Crippen LogP contribution >= 0.6 is 23.1 Å². The van der Waals surface area contributed by atoms with Gasteiger partial charge in [0.1, 0.15) is 5.82 Å². The first kappa shape index (κ1) is 16.5. The lowest BCUT2D eigenvalue weighted by atomic mass is 10.3. The fourth-order valence-electron chi connectivity index (χ4n) is 1.82. The molecule has 0 saturated heterocycles. The third-order valence-corrected chi connectivity index (χ3v) is 4.98. The summed E-state index contributed by atoms with van der Waals surface area (Å²) in [6.45, 7) is 4.31. The summed E-state index contributed by atoms with van der Waals surface area (Å²) >= 11 is 2.96. The van der Waals surface area contributed by atoms with Gasteiger partial charge in [-0.2, -0.15) is 0 Å². The standard InChI is InChI=1S/C13H17N5O2S2/c1-8(11(19)15-12(14)20)22-13-17-16-9(2)18(13)6-5-10-4-3-7-21-10/h3-4,7-8H,5-6H2,1-2H3,(H3,14,15,19,20)/t8-/m1/s1. The summed E-state index contributed by atoms with van der Waals surface area (Å²) in [6.07, 6.45) is 0.881. The lowest BCUT2D eigenvalue weighted by molar-refractivity contribution is -0.119. The smallest absolute Gasteiger partial charge is 0.318 e. The summed E-state index contributed by atoms with van der Waals surface area (Å²) in [6, 6.07) is 3.25. The molecule has 7 nitrogen and oxygen atoms in total. The first-order chi connectivity index (χ1) is 10.5. The van der Waals surface area contributed by atoms with Gasteiger partial charge in [-0.1, -0.05) is 17.8 Å². The fraction of sp³-hybridized carbons (Fsp3) is 0.385. The van der Waals surface area contributed by atoms with E-state index in [1.54, 1.807) is 18.3 Å². The number of hydrogen-bond acceptors (Lipinski definition) is 6. The van der Waals surface area contributed by atoms with Crippen molar-refractivity contribution in [1.82, 2.24) is 20.1 Å². The molecule has 0 unspecified atom stereocenters. The largest absolute Gasteiger partial charge is 0.351 e.